The fraction of sp³-hybridized carbons (Fsp3) is 0.429. The van der Waals surface area contributed by atoms with Crippen LogP contribution in [0.2, 0.25) is 5.02 Å². The summed E-state index contributed by atoms with van der Waals surface area (Å²) in [6.45, 7) is 4.08. The summed E-state index contributed by atoms with van der Waals surface area (Å²) in [5.74, 6) is 0.738. The molecule has 4 nitrogen and oxygen atoms in total. The van der Waals surface area contributed by atoms with E-state index in [0.717, 1.165) is 22.2 Å². The van der Waals surface area contributed by atoms with Crippen molar-refractivity contribution in [3.8, 4) is 5.75 Å². The third kappa shape index (κ3) is 3.69. The molecule has 1 aromatic carbocycles. The highest BCUT2D eigenvalue weighted by Crippen LogP contribution is 2.28. The first kappa shape index (κ1) is 15.2. The largest absolute Gasteiger partial charge is 0.483 e. The molecule has 0 spiro atoms. The van der Waals surface area contributed by atoms with Crippen LogP contribution in [0.25, 0.3) is 0 Å². The minimum Gasteiger partial charge on any atom is -0.483 e. The molecule has 20 heavy (non-hydrogen) atoms. The van der Waals surface area contributed by atoms with E-state index in [2.05, 4.69) is 22.4 Å². The van der Waals surface area contributed by atoms with Gasteiger partial charge in [-0.05, 0) is 38.6 Å². The monoisotopic (exact) mass is 311 g/mol. The van der Waals surface area contributed by atoms with Gasteiger partial charge in [0.15, 0.2) is 5.01 Å². The van der Waals surface area contributed by atoms with E-state index in [9.17, 15) is 0 Å². The third-order valence-electron chi connectivity index (χ3n) is 2.97. The van der Waals surface area contributed by atoms with Gasteiger partial charge in [-0.15, -0.1) is 10.2 Å². The maximum atomic E-state index is 5.94. The molecule has 108 valence electrons. The number of rotatable bonds is 6. The van der Waals surface area contributed by atoms with Crippen molar-refractivity contribution in [1.29, 1.82) is 0 Å². The number of nitrogens with one attached hydrogen (secondary N) is 1. The summed E-state index contributed by atoms with van der Waals surface area (Å²) in [6, 6.07) is 7.61. The molecule has 0 radical (unpaired) electrons. The minimum atomic E-state index is -0.144. The van der Waals surface area contributed by atoms with Gasteiger partial charge >= 0.3 is 0 Å². The van der Waals surface area contributed by atoms with E-state index in [4.69, 9.17) is 16.3 Å². The lowest BCUT2D eigenvalue weighted by molar-refractivity contribution is 0.225. The zero-order valence-corrected chi connectivity index (χ0v) is 13.3. The van der Waals surface area contributed by atoms with Gasteiger partial charge in [0, 0.05) is 5.02 Å². The van der Waals surface area contributed by atoms with Gasteiger partial charge in [-0.1, -0.05) is 35.9 Å². The number of benzene rings is 1. The van der Waals surface area contributed by atoms with Crippen LogP contribution in [-0.4, -0.2) is 17.2 Å². The highest BCUT2D eigenvalue weighted by molar-refractivity contribution is 7.11. The first-order chi connectivity index (χ1) is 9.63. The van der Waals surface area contributed by atoms with Gasteiger partial charge in [-0.3, -0.25) is 0 Å². The van der Waals surface area contributed by atoms with Crippen molar-refractivity contribution < 1.29 is 4.74 Å². The normalized spacial score (nSPS) is 14.0. The van der Waals surface area contributed by atoms with Crippen molar-refractivity contribution in [3.63, 3.8) is 0 Å². The summed E-state index contributed by atoms with van der Waals surface area (Å²) in [5, 5.41) is 14.2. The zero-order chi connectivity index (χ0) is 14.5. The Balaban J connectivity index is 2.08. The Morgan fingerprint density at radius 3 is 2.75 bits per heavy atom. The predicted octanol–water partition coefficient (Wildman–Crippen LogP) is 4.00. The van der Waals surface area contributed by atoms with Gasteiger partial charge in [0.1, 0.15) is 16.9 Å². The van der Waals surface area contributed by atoms with Crippen molar-refractivity contribution in [2.24, 2.45) is 0 Å². The second-order valence-electron chi connectivity index (χ2n) is 4.45. The molecule has 2 aromatic rings. The van der Waals surface area contributed by atoms with E-state index < -0.39 is 0 Å². The smallest absolute Gasteiger partial charge is 0.158 e. The molecule has 1 N–H and O–H groups in total. The lowest BCUT2D eigenvalue weighted by atomic mass is 10.2. The Hall–Kier alpha value is -1.17. The highest BCUT2D eigenvalue weighted by atomic mass is 35.5. The summed E-state index contributed by atoms with van der Waals surface area (Å²) in [5.41, 5.74) is 0. The molecule has 0 saturated heterocycles. The Bertz CT molecular complexity index is 557. The zero-order valence-electron chi connectivity index (χ0n) is 11.8. The van der Waals surface area contributed by atoms with E-state index in [1.165, 1.54) is 0 Å². The molecule has 0 aliphatic heterocycles. The molecule has 2 rings (SSSR count). The first-order valence-corrected chi connectivity index (χ1v) is 7.76. The maximum Gasteiger partial charge on any atom is 0.158 e. The lowest BCUT2D eigenvalue weighted by Gasteiger charge is -2.12. The number of aromatic nitrogens is 2. The van der Waals surface area contributed by atoms with Crippen molar-refractivity contribution in [2.75, 3.05) is 7.05 Å². The molecular weight excluding hydrogens is 294 g/mol. The van der Waals surface area contributed by atoms with E-state index in [0.29, 0.717) is 5.02 Å². The molecule has 1 aromatic heterocycles. The highest BCUT2D eigenvalue weighted by Gasteiger charge is 2.17. The second-order valence-corrected chi connectivity index (χ2v) is 5.92. The Morgan fingerprint density at radius 2 is 2.10 bits per heavy atom. The third-order valence-corrected chi connectivity index (χ3v) is 4.40. The number of nitrogens with zero attached hydrogens (tertiary/aromatic N) is 2. The summed E-state index contributed by atoms with van der Waals surface area (Å²) < 4.78 is 5.84. The van der Waals surface area contributed by atoms with Crippen LogP contribution < -0.4 is 10.1 Å². The quantitative estimate of drug-likeness (QED) is 0.876. The van der Waals surface area contributed by atoms with Gasteiger partial charge in [0.2, 0.25) is 0 Å². The van der Waals surface area contributed by atoms with E-state index >= 15 is 0 Å². The molecule has 0 fully saturated rings. The molecule has 1 heterocycles. The first-order valence-electron chi connectivity index (χ1n) is 6.56. The van der Waals surface area contributed by atoms with Crippen molar-refractivity contribution in [3.05, 3.63) is 39.3 Å². The van der Waals surface area contributed by atoms with Crippen LogP contribution in [0.4, 0.5) is 0 Å². The lowest BCUT2D eigenvalue weighted by Crippen LogP contribution is -2.14. The van der Waals surface area contributed by atoms with Crippen molar-refractivity contribution in [1.82, 2.24) is 15.5 Å². The van der Waals surface area contributed by atoms with E-state index in [1.807, 2.05) is 32.2 Å². The summed E-state index contributed by atoms with van der Waals surface area (Å²) in [4.78, 5) is 0. The van der Waals surface area contributed by atoms with Crippen molar-refractivity contribution >= 4 is 22.9 Å². The fourth-order valence-electron chi connectivity index (χ4n) is 1.85. The van der Waals surface area contributed by atoms with E-state index in [1.54, 1.807) is 17.4 Å². The average molecular weight is 312 g/mol. The summed E-state index contributed by atoms with van der Waals surface area (Å²) in [6.07, 6.45) is 0.836. The van der Waals surface area contributed by atoms with Crippen LogP contribution in [0, 0.1) is 0 Å². The Labute approximate surface area is 128 Å². The molecule has 0 amide bonds. The molecule has 0 bridgehead atoms. The SMILES string of the molecule is CCC(NC)c1nnc(C(C)Oc2cccc(Cl)c2)s1. The van der Waals surface area contributed by atoms with Crippen LogP contribution >= 0.6 is 22.9 Å². The molecule has 2 unspecified atom stereocenters. The van der Waals surface area contributed by atoms with Crippen LogP contribution in [-0.2, 0) is 0 Å². The molecule has 2 atom stereocenters. The van der Waals surface area contributed by atoms with Gasteiger partial charge in [-0.2, -0.15) is 0 Å². The van der Waals surface area contributed by atoms with Crippen LogP contribution in [0.3, 0.4) is 0 Å². The standard InChI is InChI=1S/C14H18ClN3OS/c1-4-12(16-3)14-18-17-13(20-14)9(2)19-11-7-5-6-10(15)8-11/h5-9,12,16H,4H2,1-3H3. The van der Waals surface area contributed by atoms with Gasteiger partial charge in [-0.25, -0.2) is 0 Å². The number of hydrogen-bond acceptors (Lipinski definition) is 5. The minimum absolute atomic E-state index is 0.144. The van der Waals surface area contributed by atoms with Crippen LogP contribution in [0.15, 0.2) is 24.3 Å². The molecular formula is C14H18ClN3OS. The maximum absolute atomic E-state index is 5.94. The average Bonchev–Trinajstić information content (AvgIpc) is 2.90. The fourth-order valence-corrected chi connectivity index (χ4v) is 3.05. The van der Waals surface area contributed by atoms with Crippen molar-refractivity contribution in [2.45, 2.75) is 32.4 Å². The number of halogens is 1. The molecule has 0 aliphatic carbocycles. The topological polar surface area (TPSA) is 47.0 Å². The van der Waals surface area contributed by atoms with Gasteiger partial charge in [0.25, 0.3) is 0 Å². The van der Waals surface area contributed by atoms with Crippen LogP contribution in [0.5, 0.6) is 5.75 Å². The Kier molecular flexibility index (Phi) is 5.34. The van der Waals surface area contributed by atoms with Crippen LogP contribution in [0.1, 0.15) is 42.4 Å². The van der Waals surface area contributed by atoms with E-state index in [-0.39, 0.29) is 12.1 Å². The Morgan fingerprint density at radius 1 is 1.35 bits per heavy atom. The summed E-state index contributed by atoms with van der Waals surface area (Å²) in [7, 11) is 1.93. The second kappa shape index (κ2) is 7.02. The molecule has 0 aliphatic rings. The van der Waals surface area contributed by atoms with Gasteiger partial charge in [0.05, 0.1) is 6.04 Å². The predicted molar refractivity (Wildman–Crippen MR) is 82.5 cm³/mol. The number of hydrogen-bond donors (Lipinski definition) is 1. The molecule has 6 heteroatoms. The molecule has 0 saturated carbocycles. The summed E-state index contributed by atoms with van der Waals surface area (Å²) >= 11 is 7.52. The van der Waals surface area contributed by atoms with Gasteiger partial charge < -0.3 is 10.1 Å². The number of ether oxygens (including phenoxy) is 1.